The van der Waals surface area contributed by atoms with Crippen LogP contribution < -0.4 is 5.32 Å². The van der Waals surface area contributed by atoms with Gasteiger partial charge in [-0.15, -0.1) is 11.3 Å². The number of aliphatic hydroxyl groups is 1. The Morgan fingerprint density at radius 3 is 3.40 bits per heavy atom. The highest BCUT2D eigenvalue weighted by Gasteiger charge is 2.17. The lowest BCUT2D eigenvalue weighted by Crippen LogP contribution is -2.26. The second-order valence-electron chi connectivity index (χ2n) is 2.46. The molecule has 0 saturated carbocycles. The Labute approximate surface area is 63.5 Å². The topological polar surface area (TPSA) is 32.3 Å². The Kier molecular flexibility index (Phi) is 1.48. The van der Waals surface area contributed by atoms with Gasteiger partial charge in [0.1, 0.15) is 6.10 Å². The Hall–Kier alpha value is -0.380. The highest BCUT2D eigenvalue weighted by atomic mass is 32.1. The Morgan fingerprint density at radius 1 is 1.70 bits per heavy atom. The van der Waals surface area contributed by atoms with Gasteiger partial charge in [-0.1, -0.05) is 0 Å². The fourth-order valence-electron chi connectivity index (χ4n) is 1.22. The van der Waals surface area contributed by atoms with E-state index in [0.717, 1.165) is 11.4 Å². The van der Waals surface area contributed by atoms with Gasteiger partial charge in [-0.05, 0) is 17.0 Å². The summed E-state index contributed by atoms with van der Waals surface area (Å²) in [5.41, 5.74) is 1.25. The third kappa shape index (κ3) is 0.868. The summed E-state index contributed by atoms with van der Waals surface area (Å²) in [5.74, 6) is 0. The molecule has 2 N–H and O–H groups in total. The van der Waals surface area contributed by atoms with Crippen molar-refractivity contribution >= 4 is 11.3 Å². The quantitative estimate of drug-likeness (QED) is 0.583. The van der Waals surface area contributed by atoms with Crippen molar-refractivity contribution in [1.82, 2.24) is 5.32 Å². The molecule has 2 nitrogen and oxygen atoms in total. The summed E-state index contributed by atoms with van der Waals surface area (Å²) in [5, 5.41) is 14.6. The van der Waals surface area contributed by atoms with E-state index in [-0.39, 0.29) is 6.10 Å². The summed E-state index contributed by atoms with van der Waals surface area (Å²) < 4.78 is 0. The molecule has 3 heteroatoms. The van der Waals surface area contributed by atoms with E-state index in [1.807, 2.05) is 5.38 Å². The highest BCUT2D eigenvalue weighted by Crippen LogP contribution is 2.26. The summed E-state index contributed by atoms with van der Waals surface area (Å²) in [4.78, 5) is 1.14. The largest absolute Gasteiger partial charge is 0.386 e. The molecule has 1 atom stereocenters. The Bertz CT molecular complexity index is 233. The number of thiophene rings is 1. The maximum Gasteiger partial charge on any atom is 0.101 e. The van der Waals surface area contributed by atoms with Crippen molar-refractivity contribution in [2.24, 2.45) is 0 Å². The summed E-state index contributed by atoms with van der Waals surface area (Å²) in [6.45, 7) is 1.61. The third-order valence-corrected chi connectivity index (χ3v) is 2.80. The first-order valence-electron chi connectivity index (χ1n) is 3.33. The van der Waals surface area contributed by atoms with Crippen molar-refractivity contribution in [3.05, 3.63) is 21.9 Å². The van der Waals surface area contributed by atoms with E-state index in [0.29, 0.717) is 6.54 Å². The zero-order chi connectivity index (χ0) is 6.97. The molecule has 1 unspecified atom stereocenters. The molecule has 1 aliphatic heterocycles. The molecule has 1 aromatic rings. The number of aliphatic hydroxyl groups excluding tert-OH is 1. The van der Waals surface area contributed by atoms with E-state index >= 15 is 0 Å². The van der Waals surface area contributed by atoms with Gasteiger partial charge in [0.25, 0.3) is 0 Å². The Morgan fingerprint density at radius 2 is 2.60 bits per heavy atom. The van der Waals surface area contributed by atoms with Crippen molar-refractivity contribution in [3.8, 4) is 0 Å². The van der Waals surface area contributed by atoms with Crippen molar-refractivity contribution in [1.29, 1.82) is 0 Å². The van der Waals surface area contributed by atoms with Crippen molar-refractivity contribution in [2.75, 3.05) is 6.54 Å². The predicted molar refractivity (Wildman–Crippen MR) is 41.0 cm³/mol. The van der Waals surface area contributed by atoms with Crippen LogP contribution in [0.15, 0.2) is 11.4 Å². The van der Waals surface area contributed by atoms with Crippen LogP contribution in [0.25, 0.3) is 0 Å². The van der Waals surface area contributed by atoms with Crippen molar-refractivity contribution < 1.29 is 5.11 Å². The minimum absolute atomic E-state index is 0.274. The number of hydrogen-bond donors (Lipinski definition) is 2. The molecule has 1 aliphatic rings. The lowest BCUT2D eigenvalue weighted by molar-refractivity contribution is 0.169. The maximum atomic E-state index is 9.40. The molecule has 1 aromatic heterocycles. The molecular formula is C7H9NOS. The molecule has 0 spiro atoms. The van der Waals surface area contributed by atoms with Crippen LogP contribution >= 0.6 is 11.3 Å². The smallest absolute Gasteiger partial charge is 0.101 e. The van der Waals surface area contributed by atoms with Gasteiger partial charge < -0.3 is 10.4 Å². The van der Waals surface area contributed by atoms with Crippen molar-refractivity contribution in [2.45, 2.75) is 12.6 Å². The monoisotopic (exact) mass is 155 g/mol. The van der Waals surface area contributed by atoms with Crippen LogP contribution in [-0.4, -0.2) is 11.7 Å². The predicted octanol–water partition coefficient (Wildman–Crippen LogP) is 0.885. The van der Waals surface area contributed by atoms with E-state index in [1.54, 1.807) is 11.3 Å². The standard InChI is InChI=1S/C7H9NOS/c9-6-4-8-3-5-1-2-10-7(5)6/h1-2,6,8-9H,3-4H2. The minimum Gasteiger partial charge on any atom is -0.386 e. The molecule has 0 amide bonds. The summed E-state index contributed by atoms with van der Waals surface area (Å²) >= 11 is 1.64. The maximum absolute atomic E-state index is 9.40. The molecule has 2 rings (SSSR count). The van der Waals surface area contributed by atoms with E-state index in [2.05, 4.69) is 11.4 Å². The number of fused-ring (bicyclic) bond motifs is 1. The SMILES string of the molecule is OC1CNCc2ccsc21. The molecule has 2 heterocycles. The van der Waals surface area contributed by atoms with Crippen LogP contribution in [0.5, 0.6) is 0 Å². The summed E-state index contributed by atoms with van der Waals surface area (Å²) in [6.07, 6.45) is -0.274. The average molecular weight is 155 g/mol. The first-order valence-corrected chi connectivity index (χ1v) is 4.21. The molecule has 0 bridgehead atoms. The molecule has 0 aliphatic carbocycles. The zero-order valence-corrected chi connectivity index (χ0v) is 6.32. The van der Waals surface area contributed by atoms with Gasteiger partial charge >= 0.3 is 0 Å². The third-order valence-electron chi connectivity index (χ3n) is 1.74. The molecule has 10 heavy (non-hydrogen) atoms. The second kappa shape index (κ2) is 2.34. The van der Waals surface area contributed by atoms with Gasteiger partial charge in [0.2, 0.25) is 0 Å². The molecular weight excluding hydrogens is 146 g/mol. The van der Waals surface area contributed by atoms with Gasteiger partial charge in [-0.25, -0.2) is 0 Å². The van der Waals surface area contributed by atoms with Crippen LogP contribution in [0.4, 0.5) is 0 Å². The fraction of sp³-hybridized carbons (Fsp3) is 0.429. The van der Waals surface area contributed by atoms with Crippen LogP contribution in [-0.2, 0) is 6.54 Å². The lowest BCUT2D eigenvalue weighted by Gasteiger charge is -2.17. The van der Waals surface area contributed by atoms with Crippen LogP contribution in [0, 0.1) is 0 Å². The van der Waals surface area contributed by atoms with Gasteiger partial charge in [0.15, 0.2) is 0 Å². The normalized spacial score (nSPS) is 24.3. The van der Waals surface area contributed by atoms with E-state index in [9.17, 15) is 5.11 Å². The number of nitrogens with one attached hydrogen (secondary N) is 1. The first-order chi connectivity index (χ1) is 4.88. The zero-order valence-electron chi connectivity index (χ0n) is 5.50. The molecule has 0 aromatic carbocycles. The number of rotatable bonds is 0. The summed E-state index contributed by atoms with van der Waals surface area (Å²) in [7, 11) is 0. The van der Waals surface area contributed by atoms with Crippen LogP contribution in [0.3, 0.4) is 0 Å². The lowest BCUT2D eigenvalue weighted by atomic mass is 10.1. The van der Waals surface area contributed by atoms with E-state index in [1.165, 1.54) is 5.56 Å². The van der Waals surface area contributed by atoms with E-state index in [4.69, 9.17) is 0 Å². The molecule has 0 radical (unpaired) electrons. The van der Waals surface area contributed by atoms with Gasteiger partial charge in [-0.3, -0.25) is 0 Å². The minimum atomic E-state index is -0.274. The highest BCUT2D eigenvalue weighted by molar-refractivity contribution is 7.10. The summed E-state index contributed by atoms with van der Waals surface area (Å²) in [6, 6.07) is 2.06. The van der Waals surface area contributed by atoms with Crippen LogP contribution in [0.2, 0.25) is 0 Å². The van der Waals surface area contributed by atoms with Gasteiger partial charge in [0.05, 0.1) is 0 Å². The van der Waals surface area contributed by atoms with Gasteiger partial charge in [-0.2, -0.15) is 0 Å². The van der Waals surface area contributed by atoms with Crippen molar-refractivity contribution in [3.63, 3.8) is 0 Å². The molecule has 0 saturated heterocycles. The fourth-order valence-corrected chi connectivity index (χ4v) is 2.13. The van der Waals surface area contributed by atoms with Crippen LogP contribution in [0.1, 0.15) is 16.5 Å². The van der Waals surface area contributed by atoms with Gasteiger partial charge in [0, 0.05) is 18.0 Å². The average Bonchev–Trinajstić information content (AvgIpc) is 2.36. The first kappa shape index (κ1) is 6.34. The Balaban J connectivity index is 2.41. The second-order valence-corrected chi connectivity index (χ2v) is 3.40. The van der Waals surface area contributed by atoms with E-state index < -0.39 is 0 Å². The molecule has 54 valence electrons. The number of β-amino-alcohol motifs (C(OH)–C–C–N with tert-alkyl or cyclic N) is 1. The molecule has 0 fully saturated rings. The number of hydrogen-bond acceptors (Lipinski definition) is 3.